The van der Waals surface area contributed by atoms with Gasteiger partial charge in [-0.1, -0.05) is 35.3 Å². The van der Waals surface area contributed by atoms with Crippen LogP contribution < -0.4 is 21.0 Å². The van der Waals surface area contributed by atoms with E-state index in [9.17, 15) is 9.59 Å². The number of nitrogens with one attached hydrogen (secondary N) is 2. The van der Waals surface area contributed by atoms with Gasteiger partial charge in [0.05, 0.1) is 16.6 Å². The number of rotatable bonds is 5. The van der Waals surface area contributed by atoms with Crippen molar-refractivity contribution in [1.82, 2.24) is 9.47 Å². The van der Waals surface area contributed by atoms with Gasteiger partial charge >= 0.3 is 6.03 Å². The average Bonchev–Trinajstić information content (AvgIpc) is 2.90. The van der Waals surface area contributed by atoms with Crippen molar-refractivity contribution in [1.29, 1.82) is 0 Å². The second-order valence-corrected chi connectivity index (χ2v) is 10.2. The highest BCUT2D eigenvalue weighted by Crippen LogP contribution is 2.27. The molecule has 4 aromatic rings. The van der Waals surface area contributed by atoms with Gasteiger partial charge in [0.15, 0.2) is 0 Å². The van der Waals surface area contributed by atoms with Crippen LogP contribution in [0.15, 0.2) is 71.7 Å². The van der Waals surface area contributed by atoms with Gasteiger partial charge in [0.1, 0.15) is 11.5 Å². The van der Waals surface area contributed by atoms with Gasteiger partial charge in [-0.3, -0.25) is 4.79 Å². The second-order valence-electron chi connectivity index (χ2n) is 9.32. The lowest BCUT2D eigenvalue weighted by molar-refractivity contribution is 0.262. The lowest BCUT2D eigenvalue weighted by Crippen LogP contribution is -2.44. The van der Waals surface area contributed by atoms with Crippen molar-refractivity contribution in [2.75, 3.05) is 48.8 Å². The molecular formula is C28H26Cl2FN5O2. The van der Waals surface area contributed by atoms with Gasteiger partial charge in [-0.15, -0.1) is 0 Å². The first kappa shape index (κ1) is 26.0. The van der Waals surface area contributed by atoms with Crippen LogP contribution in [0, 0.1) is 5.82 Å². The van der Waals surface area contributed by atoms with Crippen LogP contribution in [0.3, 0.4) is 0 Å². The normalized spacial score (nSPS) is 14.1. The van der Waals surface area contributed by atoms with Crippen molar-refractivity contribution < 1.29 is 9.18 Å². The van der Waals surface area contributed by atoms with Crippen LogP contribution in [0.1, 0.15) is 5.56 Å². The molecule has 7 nitrogen and oxygen atoms in total. The molecule has 3 aromatic carbocycles. The second kappa shape index (κ2) is 11.0. The third kappa shape index (κ3) is 5.78. The van der Waals surface area contributed by atoms with Crippen LogP contribution >= 0.6 is 23.2 Å². The van der Waals surface area contributed by atoms with Crippen molar-refractivity contribution in [3.8, 4) is 0 Å². The fourth-order valence-electron chi connectivity index (χ4n) is 4.51. The number of carbonyl (C=O) groups is 1. The maximum atomic E-state index is 15.4. The van der Waals surface area contributed by atoms with Crippen molar-refractivity contribution in [3.05, 3.63) is 98.5 Å². The zero-order valence-electron chi connectivity index (χ0n) is 20.7. The molecule has 0 saturated carbocycles. The van der Waals surface area contributed by atoms with Crippen LogP contribution in [0.4, 0.5) is 26.2 Å². The molecule has 2 N–H and O–H groups in total. The summed E-state index contributed by atoms with van der Waals surface area (Å²) in [6.07, 6.45) is 1.59. The minimum Gasteiger partial charge on any atom is -0.367 e. The Bertz CT molecular complexity index is 1530. The average molecular weight is 554 g/mol. The molecule has 0 bridgehead atoms. The first-order chi connectivity index (χ1) is 18.3. The number of carbonyl (C=O) groups excluding carboxylic acids is 1. The zero-order valence-corrected chi connectivity index (χ0v) is 22.2. The third-order valence-corrected chi connectivity index (χ3v) is 7.11. The fraction of sp³-hybridized carbons (Fsp3) is 0.214. The van der Waals surface area contributed by atoms with Crippen LogP contribution in [-0.2, 0) is 6.54 Å². The number of aromatic nitrogens is 1. The lowest BCUT2D eigenvalue weighted by Gasteiger charge is -2.34. The topological polar surface area (TPSA) is 69.6 Å². The molecular weight excluding hydrogens is 528 g/mol. The molecule has 0 aliphatic carbocycles. The number of benzene rings is 3. The predicted molar refractivity (Wildman–Crippen MR) is 153 cm³/mol. The molecule has 1 aromatic heterocycles. The van der Waals surface area contributed by atoms with E-state index >= 15 is 4.39 Å². The molecule has 1 fully saturated rings. The van der Waals surface area contributed by atoms with Gasteiger partial charge in [-0.25, -0.2) is 9.18 Å². The quantitative estimate of drug-likeness (QED) is 0.323. The lowest BCUT2D eigenvalue weighted by atomic mass is 10.1. The zero-order chi connectivity index (χ0) is 26.8. The van der Waals surface area contributed by atoms with Gasteiger partial charge in [0, 0.05) is 54.7 Å². The largest absolute Gasteiger partial charge is 0.367 e. The SMILES string of the molecule is CN1CCN(c2cc3c(cc2F)c(=O)c(NC(=O)Nc2ccc(Cl)cc2)cn3Cc2ccc(Cl)cc2)CC1. The van der Waals surface area contributed by atoms with Gasteiger partial charge in [0.25, 0.3) is 0 Å². The molecule has 0 radical (unpaired) electrons. The number of likely N-dealkylation sites (N-methyl/N-ethyl adjacent to an activating group) is 1. The number of urea groups is 1. The Hall–Kier alpha value is -3.59. The van der Waals surface area contributed by atoms with Crippen LogP contribution in [0.2, 0.25) is 10.0 Å². The van der Waals surface area contributed by atoms with Crippen molar-refractivity contribution >= 4 is 57.2 Å². The van der Waals surface area contributed by atoms with Gasteiger partial charge < -0.3 is 25.0 Å². The van der Waals surface area contributed by atoms with Gasteiger partial charge in [-0.2, -0.15) is 0 Å². The van der Waals surface area contributed by atoms with Crippen molar-refractivity contribution in [3.63, 3.8) is 0 Å². The van der Waals surface area contributed by atoms with Crippen LogP contribution in [0.5, 0.6) is 0 Å². The number of fused-ring (bicyclic) bond motifs is 1. The fourth-order valence-corrected chi connectivity index (χ4v) is 4.77. The van der Waals surface area contributed by atoms with Crippen LogP contribution in [-0.4, -0.2) is 48.7 Å². The Morgan fingerprint density at radius 2 is 1.55 bits per heavy atom. The first-order valence-corrected chi connectivity index (χ1v) is 12.9. The van der Waals surface area contributed by atoms with E-state index in [0.29, 0.717) is 46.6 Å². The molecule has 0 unspecified atom stereocenters. The van der Waals surface area contributed by atoms with E-state index in [2.05, 4.69) is 15.5 Å². The van der Waals surface area contributed by atoms with E-state index in [0.717, 1.165) is 18.7 Å². The Kier molecular flexibility index (Phi) is 7.56. The Labute approximate surface area is 229 Å². The molecule has 1 aliphatic rings. The number of piperazine rings is 1. The highest BCUT2D eigenvalue weighted by molar-refractivity contribution is 6.30. The molecule has 196 valence electrons. The van der Waals surface area contributed by atoms with Crippen LogP contribution in [0.25, 0.3) is 10.9 Å². The summed E-state index contributed by atoms with van der Waals surface area (Å²) in [6.45, 7) is 3.40. The maximum Gasteiger partial charge on any atom is 0.323 e. The summed E-state index contributed by atoms with van der Waals surface area (Å²) >= 11 is 12.0. The number of amides is 2. The molecule has 38 heavy (non-hydrogen) atoms. The molecule has 1 saturated heterocycles. The highest BCUT2D eigenvalue weighted by atomic mass is 35.5. The molecule has 1 aliphatic heterocycles. The monoisotopic (exact) mass is 553 g/mol. The summed E-state index contributed by atoms with van der Waals surface area (Å²) in [6, 6.07) is 16.3. The summed E-state index contributed by atoms with van der Waals surface area (Å²) in [5.74, 6) is -0.472. The molecule has 5 rings (SSSR count). The van der Waals surface area contributed by atoms with E-state index in [1.807, 2.05) is 28.6 Å². The van der Waals surface area contributed by atoms with E-state index in [4.69, 9.17) is 23.2 Å². The van der Waals surface area contributed by atoms with E-state index in [1.165, 1.54) is 6.07 Å². The summed E-state index contributed by atoms with van der Waals surface area (Å²) in [7, 11) is 2.04. The Morgan fingerprint density at radius 3 is 2.21 bits per heavy atom. The minimum absolute atomic E-state index is 0.0321. The first-order valence-electron chi connectivity index (χ1n) is 12.1. The number of pyridine rings is 1. The summed E-state index contributed by atoms with van der Waals surface area (Å²) < 4.78 is 17.2. The summed E-state index contributed by atoms with van der Waals surface area (Å²) in [5, 5.41) is 6.63. The number of anilines is 3. The molecule has 10 heteroatoms. The number of halogens is 3. The summed E-state index contributed by atoms with van der Waals surface area (Å²) in [5.41, 5.74) is 2.03. The third-order valence-electron chi connectivity index (χ3n) is 6.61. The number of hydrogen-bond donors (Lipinski definition) is 2. The molecule has 2 heterocycles. The number of nitrogens with zero attached hydrogens (tertiary/aromatic N) is 3. The maximum absolute atomic E-state index is 15.4. The molecule has 0 spiro atoms. The molecule has 2 amide bonds. The summed E-state index contributed by atoms with van der Waals surface area (Å²) in [4.78, 5) is 30.3. The number of hydrogen-bond acceptors (Lipinski definition) is 4. The predicted octanol–water partition coefficient (Wildman–Crippen LogP) is 5.89. The van der Waals surface area contributed by atoms with E-state index in [1.54, 1.807) is 48.7 Å². The van der Waals surface area contributed by atoms with Gasteiger partial charge in [0.2, 0.25) is 5.43 Å². The smallest absolute Gasteiger partial charge is 0.323 e. The standard InChI is InChI=1S/C28H26Cl2FN5O2/c1-34-10-12-35(13-11-34)26-15-25-22(14-23(26)31)27(37)24(17-36(25)16-18-2-4-19(29)5-3-18)33-28(38)32-21-8-6-20(30)7-9-21/h2-9,14-15,17H,10-13,16H2,1H3,(H2,32,33,38). The Morgan fingerprint density at radius 1 is 0.921 bits per heavy atom. The van der Waals surface area contributed by atoms with E-state index < -0.39 is 17.3 Å². The van der Waals surface area contributed by atoms with Gasteiger partial charge in [-0.05, 0) is 61.1 Å². The van der Waals surface area contributed by atoms with Crippen molar-refractivity contribution in [2.45, 2.75) is 6.54 Å². The Balaban J connectivity index is 1.54. The molecule has 0 atom stereocenters. The van der Waals surface area contributed by atoms with E-state index in [-0.39, 0.29) is 11.1 Å². The highest BCUT2D eigenvalue weighted by Gasteiger charge is 2.21. The van der Waals surface area contributed by atoms with Crippen molar-refractivity contribution in [2.24, 2.45) is 0 Å². The minimum atomic E-state index is -0.601.